The Morgan fingerprint density at radius 2 is 1.12 bits per heavy atom. The van der Waals surface area contributed by atoms with Crippen LogP contribution in [0, 0.1) is 33.7 Å². The number of likely N-dealkylation sites (tertiary alicyclic amines) is 2. The summed E-state index contributed by atoms with van der Waals surface area (Å²) in [5.41, 5.74) is -1.08. The fraction of sp³-hybridized carbons (Fsp3) is 0.568. The number of carbonyl (C=O) groups is 2. The lowest BCUT2D eigenvalue weighted by molar-refractivity contribution is -0.129. The van der Waals surface area contributed by atoms with E-state index in [9.17, 15) is 36.9 Å². The number of sulfonamides is 2. The monoisotopic (exact) mass is 896 g/mol. The molecule has 17 nitrogen and oxygen atoms in total. The van der Waals surface area contributed by atoms with E-state index >= 15 is 0 Å². The summed E-state index contributed by atoms with van der Waals surface area (Å²) >= 11 is 3.27. The Hall–Kier alpha value is -4.34. The molecule has 2 aromatic carbocycles. The van der Waals surface area contributed by atoms with E-state index in [1.54, 1.807) is 59.7 Å². The number of methoxy groups -OCH3 is 3. The van der Waals surface area contributed by atoms with E-state index in [-0.39, 0.29) is 71.4 Å². The summed E-state index contributed by atoms with van der Waals surface area (Å²) in [5.74, 6) is 0.579. The number of hydrogen-bond acceptors (Lipinski definition) is 13. The van der Waals surface area contributed by atoms with Crippen molar-refractivity contribution in [3.63, 3.8) is 0 Å². The molecule has 2 fully saturated rings. The number of carbonyl (C=O) groups excluding carboxylic acids is 2. The van der Waals surface area contributed by atoms with E-state index < -0.39 is 43.0 Å². The Balaban J connectivity index is 0.000000306. The van der Waals surface area contributed by atoms with Gasteiger partial charge in [0.1, 0.15) is 27.0 Å². The second kappa shape index (κ2) is 19.4. The molecule has 4 rings (SSSR count). The summed E-state index contributed by atoms with van der Waals surface area (Å²) in [7, 11) is -3.51. The lowest BCUT2D eigenvalue weighted by Gasteiger charge is -2.22. The molecule has 2 amide bonds. The van der Waals surface area contributed by atoms with Gasteiger partial charge in [-0.15, -0.1) is 0 Å². The molecule has 2 aliphatic heterocycles. The molecule has 0 aromatic heterocycles. The van der Waals surface area contributed by atoms with E-state index in [4.69, 9.17) is 14.2 Å². The van der Waals surface area contributed by atoms with Crippen molar-refractivity contribution in [1.82, 2.24) is 29.9 Å². The molecule has 2 heterocycles. The normalized spacial score (nSPS) is 19.7. The van der Waals surface area contributed by atoms with Crippen LogP contribution in [0.25, 0.3) is 0 Å². The highest BCUT2D eigenvalue weighted by Gasteiger charge is 2.37. The van der Waals surface area contributed by atoms with Crippen molar-refractivity contribution in [3.05, 3.63) is 40.9 Å². The third-order valence-corrected chi connectivity index (χ3v) is 12.7. The zero-order valence-corrected chi connectivity index (χ0v) is 36.9. The van der Waals surface area contributed by atoms with Crippen LogP contribution in [0.2, 0.25) is 0 Å². The summed E-state index contributed by atoms with van der Waals surface area (Å²) in [6, 6.07) is 7.76. The molecule has 57 heavy (non-hydrogen) atoms. The second-order valence-corrected chi connectivity index (χ2v) is 19.9. The van der Waals surface area contributed by atoms with Crippen molar-refractivity contribution in [2.45, 2.75) is 88.3 Å². The number of amides is 2. The number of hydrogen-bond donors (Lipinski definition) is 4. The van der Waals surface area contributed by atoms with Gasteiger partial charge in [0.05, 0.1) is 33.4 Å². The molecular formula is C37H53BrN8O9S2. The topological polar surface area (TPSA) is 232 Å². The zero-order chi connectivity index (χ0) is 42.9. The van der Waals surface area contributed by atoms with Crippen molar-refractivity contribution in [2.24, 2.45) is 10.8 Å². The minimum Gasteiger partial charge on any atom is -0.497 e. The Bertz CT molecular complexity index is 2060. The summed E-state index contributed by atoms with van der Waals surface area (Å²) in [6.45, 7) is 11.8. The number of nitriles is 2. The molecule has 314 valence electrons. The number of benzene rings is 2. The largest absolute Gasteiger partial charge is 0.497 e. The molecular weight excluding hydrogens is 844 g/mol. The number of halogens is 1. The van der Waals surface area contributed by atoms with Crippen molar-refractivity contribution < 1.29 is 40.6 Å². The number of nitrogens with one attached hydrogen (secondary N) is 4. The van der Waals surface area contributed by atoms with Gasteiger partial charge in [-0.3, -0.25) is 9.59 Å². The van der Waals surface area contributed by atoms with Crippen LogP contribution in [0.1, 0.15) is 54.4 Å². The van der Waals surface area contributed by atoms with Gasteiger partial charge in [0.2, 0.25) is 31.9 Å². The Kier molecular flexibility index (Phi) is 16.0. The molecule has 0 aliphatic carbocycles. The van der Waals surface area contributed by atoms with Gasteiger partial charge in [0.15, 0.2) is 12.4 Å². The van der Waals surface area contributed by atoms with Crippen LogP contribution < -0.4 is 34.3 Å². The predicted molar refractivity (Wildman–Crippen MR) is 215 cm³/mol. The maximum absolute atomic E-state index is 12.9. The number of rotatable bonds is 13. The van der Waals surface area contributed by atoms with Crippen molar-refractivity contribution in [2.75, 3.05) is 47.5 Å². The molecule has 0 unspecified atom stereocenters. The molecule has 4 atom stereocenters. The Morgan fingerprint density at radius 1 is 0.719 bits per heavy atom. The second-order valence-electron chi connectivity index (χ2n) is 15.7. The summed E-state index contributed by atoms with van der Waals surface area (Å²) in [5, 5.41) is 24.4. The highest BCUT2D eigenvalue weighted by Crippen LogP contribution is 2.30. The average molecular weight is 898 g/mol. The standard InChI is InChI=1S/C19H28N4O5S.C18H25BrN4O4S/c1-19(2,3)18(24)21-10-14-8-13(11-23(14)12-20)22-29(25,26)17-9-15(27-4)6-7-16(17)28-5;1-18(2,3)17(24)21-9-14-8-13(10-23(14)11-20)22-28(25,26)16-7-12(19)5-6-15(16)27-4/h6-7,9,13-14,22H,8,10-11H2,1-5H3,(H,21,24);5-7,13-14,22H,8-10H2,1-4H3,(H,21,24)/t2*13-,14-/m11/s1. The van der Waals surface area contributed by atoms with Gasteiger partial charge < -0.3 is 34.6 Å². The Labute approximate surface area is 344 Å². The molecule has 0 saturated carbocycles. The summed E-state index contributed by atoms with van der Waals surface area (Å²) in [6.07, 6.45) is 4.96. The van der Waals surface area contributed by atoms with Crippen molar-refractivity contribution in [3.8, 4) is 29.6 Å². The van der Waals surface area contributed by atoms with Crippen molar-refractivity contribution in [1.29, 1.82) is 10.5 Å². The molecule has 2 saturated heterocycles. The first-order valence-corrected chi connectivity index (χ1v) is 21.7. The SMILES string of the molecule is COc1ccc(Br)cc1S(=O)(=O)N[C@@H]1C[C@H](CNC(=O)C(C)(C)C)N(C#N)C1.COc1ccc(OC)c(S(=O)(=O)N[C@@H]2C[C@H](CNC(=O)C(C)(C)C)N(C#N)C2)c1. The van der Waals surface area contributed by atoms with E-state index in [1.165, 1.54) is 49.3 Å². The minimum atomic E-state index is -3.91. The molecule has 0 radical (unpaired) electrons. The van der Waals surface area contributed by atoms with Gasteiger partial charge in [-0.2, -0.15) is 10.5 Å². The lowest BCUT2D eigenvalue weighted by Crippen LogP contribution is -2.42. The molecule has 20 heteroatoms. The zero-order valence-electron chi connectivity index (χ0n) is 33.7. The van der Waals surface area contributed by atoms with Gasteiger partial charge in [-0.1, -0.05) is 57.5 Å². The van der Waals surface area contributed by atoms with Crippen LogP contribution >= 0.6 is 15.9 Å². The van der Waals surface area contributed by atoms with E-state index in [1.807, 2.05) is 0 Å². The predicted octanol–water partition coefficient (Wildman–Crippen LogP) is 2.89. The molecule has 2 aliphatic rings. The van der Waals surface area contributed by atoms with Crippen molar-refractivity contribution >= 4 is 47.8 Å². The summed E-state index contributed by atoms with van der Waals surface area (Å²) < 4.78 is 72.9. The first-order valence-electron chi connectivity index (χ1n) is 18.0. The fourth-order valence-corrected chi connectivity index (χ4v) is 9.38. The number of ether oxygens (including phenoxy) is 3. The van der Waals surface area contributed by atoms with Gasteiger partial charge >= 0.3 is 0 Å². The van der Waals surface area contributed by atoms with Gasteiger partial charge in [-0.05, 0) is 43.2 Å². The molecule has 0 spiro atoms. The third kappa shape index (κ3) is 12.8. The van der Waals surface area contributed by atoms with Gasteiger partial charge in [-0.25, -0.2) is 26.3 Å². The van der Waals surface area contributed by atoms with E-state index in [0.29, 0.717) is 23.1 Å². The minimum absolute atomic E-state index is 0.0253. The van der Waals surface area contributed by atoms with E-state index in [0.717, 1.165) is 0 Å². The van der Waals surface area contributed by atoms with Gasteiger partial charge in [0, 0.05) is 59.6 Å². The maximum atomic E-state index is 12.9. The maximum Gasteiger partial charge on any atom is 0.244 e. The van der Waals surface area contributed by atoms with Crippen LogP contribution in [0.5, 0.6) is 17.2 Å². The third-order valence-electron chi connectivity index (χ3n) is 9.16. The first kappa shape index (κ1) is 47.0. The molecule has 2 aromatic rings. The Morgan fingerprint density at radius 3 is 1.49 bits per heavy atom. The van der Waals surface area contributed by atoms with Crippen LogP contribution in [0.3, 0.4) is 0 Å². The fourth-order valence-electron chi connectivity index (χ4n) is 6.01. The van der Waals surface area contributed by atoms with Crippen LogP contribution in [-0.2, 0) is 29.6 Å². The smallest absolute Gasteiger partial charge is 0.244 e. The van der Waals surface area contributed by atoms with E-state index in [2.05, 4.69) is 48.4 Å². The van der Waals surface area contributed by atoms with Crippen LogP contribution in [0.15, 0.2) is 50.7 Å². The lowest BCUT2D eigenvalue weighted by atomic mass is 9.95. The van der Waals surface area contributed by atoms with Gasteiger partial charge in [0.25, 0.3) is 0 Å². The highest BCUT2D eigenvalue weighted by atomic mass is 79.9. The average Bonchev–Trinajstić information content (AvgIpc) is 3.73. The molecule has 0 bridgehead atoms. The quantitative estimate of drug-likeness (QED) is 0.212. The van der Waals surface area contributed by atoms with Crippen LogP contribution in [-0.4, -0.2) is 110 Å². The summed E-state index contributed by atoms with van der Waals surface area (Å²) in [4.78, 5) is 27.1. The van der Waals surface area contributed by atoms with Crippen LogP contribution in [0.4, 0.5) is 0 Å². The molecule has 4 N–H and O–H groups in total. The number of nitrogens with zero attached hydrogens (tertiary/aromatic N) is 4. The highest BCUT2D eigenvalue weighted by molar-refractivity contribution is 9.10. The first-order chi connectivity index (χ1) is 26.5.